The minimum atomic E-state index is -3.40. The molecule has 0 radical (unpaired) electrons. The highest BCUT2D eigenvalue weighted by Gasteiger charge is 2.48. The van der Waals surface area contributed by atoms with Gasteiger partial charge in [-0.15, -0.1) is 0 Å². The van der Waals surface area contributed by atoms with Crippen molar-refractivity contribution in [2.24, 2.45) is 5.92 Å². The van der Waals surface area contributed by atoms with Crippen LogP contribution in [0.4, 0.5) is 17.6 Å². The fourth-order valence-corrected chi connectivity index (χ4v) is 5.79. The molecular formula is C35H51F4NO2. The number of nitrogens with zero attached hydrogens (tertiary/aromatic N) is 1. The van der Waals surface area contributed by atoms with Gasteiger partial charge < -0.3 is 9.47 Å². The van der Waals surface area contributed by atoms with Gasteiger partial charge in [-0.2, -0.15) is 0 Å². The zero-order chi connectivity index (χ0) is 30.2. The van der Waals surface area contributed by atoms with E-state index in [-0.39, 0.29) is 23.2 Å². The van der Waals surface area contributed by atoms with E-state index in [2.05, 4.69) is 18.8 Å². The lowest BCUT2D eigenvalue weighted by Crippen LogP contribution is -2.33. The van der Waals surface area contributed by atoms with Gasteiger partial charge in [-0.25, -0.2) is 17.6 Å². The Morgan fingerprint density at radius 2 is 1.40 bits per heavy atom. The minimum absolute atomic E-state index is 0.0498. The summed E-state index contributed by atoms with van der Waals surface area (Å²) in [6, 6.07) is 4.91. The summed E-state index contributed by atoms with van der Waals surface area (Å²) in [5.74, 6) is -7.06. The van der Waals surface area contributed by atoms with Crippen LogP contribution in [0.25, 0.3) is 11.3 Å². The van der Waals surface area contributed by atoms with Crippen LogP contribution in [0.15, 0.2) is 24.4 Å². The Morgan fingerprint density at radius 3 is 2.00 bits per heavy atom. The van der Waals surface area contributed by atoms with E-state index in [4.69, 9.17) is 9.47 Å². The van der Waals surface area contributed by atoms with Crippen molar-refractivity contribution >= 4 is 0 Å². The number of alkyl halides is 2. The molecule has 0 fully saturated rings. The Morgan fingerprint density at radius 1 is 0.786 bits per heavy atom. The number of aromatic nitrogens is 1. The van der Waals surface area contributed by atoms with Crippen LogP contribution in [0.3, 0.4) is 0 Å². The average molecular weight is 594 g/mol. The summed E-state index contributed by atoms with van der Waals surface area (Å²) in [4.78, 5) is 4.36. The number of unbranched alkanes of at least 4 members (excludes halogenated alkanes) is 8. The van der Waals surface area contributed by atoms with Gasteiger partial charge in [0.15, 0.2) is 11.6 Å². The van der Waals surface area contributed by atoms with E-state index in [0.717, 1.165) is 89.6 Å². The van der Waals surface area contributed by atoms with Gasteiger partial charge in [0.2, 0.25) is 0 Å². The van der Waals surface area contributed by atoms with E-state index in [1.165, 1.54) is 18.9 Å². The van der Waals surface area contributed by atoms with Gasteiger partial charge >= 0.3 is 0 Å². The number of fused-ring (bicyclic) bond motifs is 1. The molecule has 1 aliphatic carbocycles. The van der Waals surface area contributed by atoms with Crippen LogP contribution in [0.1, 0.15) is 120 Å². The number of hydrogen-bond donors (Lipinski definition) is 0. The molecule has 0 saturated heterocycles. The van der Waals surface area contributed by atoms with Gasteiger partial charge in [0.05, 0.1) is 11.3 Å². The van der Waals surface area contributed by atoms with Crippen molar-refractivity contribution in [3.8, 4) is 11.3 Å². The third kappa shape index (κ3) is 10.3. The molecular weight excluding hydrogens is 542 g/mol. The third-order valence-electron chi connectivity index (χ3n) is 8.38. The maximum absolute atomic E-state index is 15.4. The maximum atomic E-state index is 15.4. The first-order valence-electron chi connectivity index (χ1n) is 16.4. The molecule has 1 aliphatic rings. The van der Waals surface area contributed by atoms with Crippen LogP contribution in [0.5, 0.6) is 0 Å². The average Bonchev–Trinajstić information content (AvgIpc) is 2.98. The topological polar surface area (TPSA) is 31.4 Å². The van der Waals surface area contributed by atoms with Crippen LogP contribution < -0.4 is 0 Å². The summed E-state index contributed by atoms with van der Waals surface area (Å²) >= 11 is 0. The normalized spacial score (nSPS) is 16.1. The fourth-order valence-electron chi connectivity index (χ4n) is 5.79. The Labute approximate surface area is 250 Å². The zero-order valence-corrected chi connectivity index (χ0v) is 25.8. The number of halogens is 4. The van der Waals surface area contributed by atoms with Crippen LogP contribution in [0, 0.1) is 17.6 Å². The lowest BCUT2D eigenvalue weighted by Gasteiger charge is -2.34. The molecule has 236 valence electrons. The fraction of sp³-hybridized carbons (Fsp3) is 0.686. The van der Waals surface area contributed by atoms with Crippen LogP contribution in [0.2, 0.25) is 0 Å². The minimum Gasteiger partial charge on any atom is -0.381 e. The van der Waals surface area contributed by atoms with E-state index < -0.39 is 29.0 Å². The summed E-state index contributed by atoms with van der Waals surface area (Å²) in [5, 5.41) is 0. The Balaban J connectivity index is 1.50. The number of benzene rings is 1. The van der Waals surface area contributed by atoms with Gasteiger partial charge in [0.1, 0.15) is 0 Å². The number of hydrogen-bond acceptors (Lipinski definition) is 3. The summed E-state index contributed by atoms with van der Waals surface area (Å²) in [5.41, 5.74) is 0.657. The van der Waals surface area contributed by atoms with E-state index in [0.29, 0.717) is 25.9 Å². The second-order valence-electron chi connectivity index (χ2n) is 11.8. The second kappa shape index (κ2) is 18.6. The van der Waals surface area contributed by atoms with Gasteiger partial charge in [-0.05, 0) is 81.0 Å². The molecule has 1 aromatic carbocycles. The van der Waals surface area contributed by atoms with Crippen molar-refractivity contribution in [3.05, 3.63) is 52.7 Å². The largest absolute Gasteiger partial charge is 0.381 e. The van der Waals surface area contributed by atoms with E-state index >= 15 is 17.6 Å². The smallest absolute Gasteiger partial charge is 0.279 e. The molecule has 1 heterocycles. The van der Waals surface area contributed by atoms with E-state index in [9.17, 15) is 0 Å². The predicted molar refractivity (Wildman–Crippen MR) is 162 cm³/mol. The summed E-state index contributed by atoms with van der Waals surface area (Å²) < 4.78 is 72.6. The first kappa shape index (κ1) is 34.5. The molecule has 42 heavy (non-hydrogen) atoms. The Kier molecular flexibility index (Phi) is 15.3. The molecule has 0 aliphatic heterocycles. The Bertz CT molecular complexity index is 1040. The molecule has 0 bridgehead atoms. The van der Waals surface area contributed by atoms with Gasteiger partial charge in [0, 0.05) is 44.1 Å². The number of aryl methyl sites for hydroxylation is 2. The summed E-state index contributed by atoms with van der Waals surface area (Å²) in [7, 11) is 0. The Hall–Kier alpha value is -1.99. The van der Waals surface area contributed by atoms with Crippen molar-refractivity contribution in [1.29, 1.82) is 0 Å². The molecule has 0 saturated carbocycles. The van der Waals surface area contributed by atoms with E-state index in [1.807, 2.05) is 6.07 Å². The highest BCUT2D eigenvalue weighted by molar-refractivity contribution is 5.63. The quantitative estimate of drug-likeness (QED) is 0.107. The van der Waals surface area contributed by atoms with E-state index in [1.54, 1.807) is 12.3 Å². The molecule has 0 N–H and O–H groups in total. The van der Waals surface area contributed by atoms with Crippen LogP contribution in [-0.2, 0) is 28.2 Å². The van der Waals surface area contributed by atoms with Crippen LogP contribution in [-0.4, -0.2) is 31.4 Å². The lowest BCUT2D eigenvalue weighted by molar-refractivity contribution is -0.0823. The van der Waals surface area contributed by atoms with Gasteiger partial charge in [0.25, 0.3) is 5.92 Å². The first-order valence-corrected chi connectivity index (χ1v) is 16.4. The van der Waals surface area contributed by atoms with Crippen molar-refractivity contribution in [2.75, 3.05) is 26.4 Å². The molecule has 1 aromatic heterocycles. The SMILES string of the molecule is CCCCCOCCCCCc1ccc(-c2cc3c(c(F)c2F)C(F)(F)C(CCCCCOCCCCC)CC3)nc1. The molecule has 0 amide bonds. The highest BCUT2D eigenvalue weighted by atomic mass is 19.3. The molecule has 3 nitrogen and oxygen atoms in total. The maximum Gasteiger partial charge on any atom is 0.279 e. The summed E-state index contributed by atoms with van der Waals surface area (Å²) in [6.07, 6.45) is 15.5. The summed E-state index contributed by atoms with van der Waals surface area (Å²) in [6.45, 7) is 7.30. The van der Waals surface area contributed by atoms with Gasteiger partial charge in [-0.1, -0.05) is 64.9 Å². The number of pyridine rings is 1. The molecule has 1 atom stereocenters. The number of rotatable bonds is 21. The second-order valence-corrected chi connectivity index (χ2v) is 11.8. The molecule has 2 aromatic rings. The van der Waals surface area contributed by atoms with Crippen molar-refractivity contribution in [3.63, 3.8) is 0 Å². The molecule has 0 spiro atoms. The van der Waals surface area contributed by atoms with Crippen molar-refractivity contribution < 1.29 is 27.0 Å². The molecule has 1 unspecified atom stereocenters. The zero-order valence-electron chi connectivity index (χ0n) is 25.8. The lowest BCUT2D eigenvalue weighted by atomic mass is 9.77. The van der Waals surface area contributed by atoms with Gasteiger partial charge in [-0.3, -0.25) is 4.98 Å². The van der Waals surface area contributed by atoms with Crippen molar-refractivity contribution in [1.82, 2.24) is 4.98 Å². The number of ether oxygens (including phenoxy) is 2. The standard InChI is InChI=1S/C35H51F4NO2/c1-3-5-11-21-41-23-13-7-9-15-27-17-20-31(40-26-27)30-25-28-18-19-29(35(38,39)32(28)34(37)33(30)36)16-10-8-14-24-42-22-12-6-4-2/h17,20,25-26,29H,3-16,18-19,21-24H2,1-2H3. The third-order valence-corrected chi connectivity index (χ3v) is 8.38. The molecule has 3 rings (SSSR count). The van der Waals surface area contributed by atoms with Crippen molar-refractivity contribution in [2.45, 2.75) is 123 Å². The van der Waals surface area contributed by atoms with Crippen LogP contribution >= 0.6 is 0 Å². The first-order chi connectivity index (χ1) is 20.4. The predicted octanol–water partition coefficient (Wildman–Crippen LogP) is 10.4. The molecule has 7 heteroatoms. The monoisotopic (exact) mass is 593 g/mol. The highest BCUT2D eigenvalue weighted by Crippen LogP contribution is 2.49.